The van der Waals surface area contributed by atoms with Crippen LogP contribution < -0.4 is 10.2 Å². The number of sulfone groups is 1. The van der Waals surface area contributed by atoms with Crippen LogP contribution in [-0.4, -0.2) is 50.9 Å². The number of halogens is 2. The van der Waals surface area contributed by atoms with Crippen LogP contribution in [0.5, 0.6) is 11.5 Å². The van der Waals surface area contributed by atoms with Gasteiger partial charge in [0, 0.05) is 30.1 Å². The predicted octanol–water partition coefficient (Wildman–Crippen LogP) is 3.82. The molecule has 3 aromatic carbocycles. The molecule has 12 nitrogen and oxygen atoms in total. The Bertz CT molecular complexity index is 1980. The van der Waals surface area contributed by atoms with Gasteiger partial charge in [0.25, 0.3) is 10.0 Å². The number of carbonyl (C=O) groups excluding carboxylic acids is 2. The fourth-order valence-electron chi connectivity index (χ4n) is 4.15. The van der Waals surface area contributed by atoms with Crippen LogP contribution in [-0.2, 0) is 44.8 Å². The van der Waals surface area contributed by atoms with Crippen molar-refractivity contribution >= 4 is 48.5 Å². The summed E-state index contributed by atoms with van der Waals surface area (Å²) in [6, 6.07) is 12.3. The minimum absolute atomic E-state index is 0.0278. The lowest BCUT2D eigenvalue weighted by Crippen LogP contribution is -2.26. The first kappa shape index (κ1) is 32.1. The smallest absolute Gasteiger partial charge is 0.329 e. The van der Waals surface area contributed by atoms with Gasteiger partial charge in [0.1, 0.15) is 17.3 Å². The normalized spacial score (nSPS) is 11.6. The second kappa shape index (κ2) is 12.8. The van der Waals surface area contributed by atoms with Crippen molar-refractivity contribution in [3.05, 3.63) is 89.6 Å². The molecule has 1 heterocycles. The van der Waals surface area contributed by atoms with Crippen molar-refractivity contribution in [1.29, 1.82) is 5.41 Å². The molecule has 44 heavy (non-hydrogen) atoms. The van der Waals surface area contributed by atoms with Crippen LogP contribution in [0.3, 0.4) is 0 Å². The van der Waals surface area contributed by atoms with E-state index in [-0.39, 0.29) is 33.7 Å². The van der Waals surface area contributed by atoms with Gasteiger partial charge in [-0.3, -0.25) is 15.0 Å². The monoisotopic (exact) mass is 649 g/mol. The van der Waals surface area contributed by atoms with Crippen LogP contribution in [0, 0.1) is 17.0 Å². The molecular weight excluding hydrogens is 624 g/mol. The SMILES string of the molecule is CCOC(=O)CS(=O)(=O)Cc1c(Oc2ccc(F)c(C(=N)NOC(C)=O)c2)c(F)cc2c1ccn2S(=O)(=O)c1ccccc1. The predicted molar refractivity (Wildman–Crippen MR) is 153 cm³/mol. The van der Waals surface area contributed by atoms with Crippen LogP contribution in [0.2, 0.25) is 0 Å². The molecule has 0 amide bonds. The summed E-state index contributed by atoms with van der Waals surface area (Å²) >= 11 is 0. The summed E-state index contributed by atoms with van der Waals surface area (Å²) in [6.45, 7) is 2.45. The Labute approximate surface area is 250 Å². The van der Waals surface area contributed by atoms with Crippen LogP contribution in [0.15, 0.2) is 71.8 Å². The zero-order valence-electron chi connectivity index (χ0n) is 23.2. The third-order valence-electron chi connectivity index (χ3n) is 6.00. The molecule has 4 rings (SSSR count). The van der Waals surface area contributed by atoms with Crippen molar-refractivity contribution in [2.45, 2.75) is 24.5 Å². The van der Waals surface area contributed by atoms with Gasteiger partial charge in [-0.05, 0) is 43.3 Å². The Morgan fingerprint density at radius 1 is 0.977 bits per heavy atom. The molecular formula is C28H25F2N3O9S2. The Hall–Kier alpha value is -4.83. The highest BCUT2D eigenvalue weighted by atomic mass is 32.2. The third kappa shape index (κ3) is 7.03. The van der Waals surface area contributed by atoms with Crippen molar-refractivity contribution in [3.63, 3.8) is 0 Å². The highest BCUT2D eigenvalue weighted by Crippen LogP contribution is 2.38. The number of fused-ring (bicyclic) bond motifs is 1. The van der Waals surface area contributed by atoms with Gasteiger partial charge in [-0.1, -0.05) is 18.2 Å². The van der Waals surface area contributed by atoms with E-state index in [1.54, 1.807) is 6.07 Å². The number of benzene rings is 3. The minimum atomic E-state index is -4.33. The third-order valence-corrected chi connectivity index (χ3v) is 9.11. The maximum Gasteiger partial charge on any atom is 0.329 e. The van der Waals surface area contributed by atoms with Gasteiger partial charge in [-0.15, -0.1) is 0 Å². The summed E-state index contributed by atoms with van der Waals surface area (Å²) in [7, 11) is -8.59. The van der Waals surface area contributed by atoms with Gasteiger partial charge in [0.2, 0.25) is 0 Å². The number of esters is 1. The second-order valence-corrected chi connectivity index (χ2v) is 13.1. The minimum Gasteiger partial charge on any atom is -0.465 e. The van der Waals surface area contributed by atoms with Crippen molar-refractivity contribution < 1.29 is 49.5 Å². The molecule has 2 N–H and O–H groups in total. The summed E-state index contributed by atoms with van der Waals surface area (Å²) in [5.41, 5.74) is 0.962. The fraction of sp³-hybridized carbons (Fsp3) is 0.179. The lowest BCUT2D eigenvalue weighted by Gasteiger charge is -2.16. The van der Waals surface area contributed by atoms with E-state index in [1.807, 2.05) is 5.48 Å². The molecule has 0 bridgehead atoms. The van der Waals surface area contributed by atoms with E-state index in [0.717, 1.165) is 41.4 Å². The molecule has 4 aromatic rings. The average Bonchev–Trinajstić information content (AvgIpc) is 3.39. The number of nitrogens with zero attached hydrogens (tertiary/aromatic N) is 1. The zero-order chi connectivity index (χ0) is 32.2. The van der Waals surface area contributed by atoms with E-state index in [4.69, 9.17) is 14.9 Å². The molecule has 16 heteroatoms. The van der Waals surface area contributed by atoms with E-state index in [1.165, 1.54) is 37.3 Å². The summed E-state index contributed by atoms with van der Waals surface area (Å²) in [5, 5.41) is 7.91. The largest absolute Gasteiger partial charge is 0.465 e. The first-order valence-corrected chi connectivity index (χ1v) is 16.0. The number of aromatic nitrogens is 1. The van der Waals surface area contributed by atoms with Gasteiger partial charge < -0.3 is 14.3 Å². The highest BCUT2D eigenvalue weighted by molar-refractivity contribution is 7.91. The maximum absolute atomic E-state index is 15.8. The summed E-state index contributed by atoms with van der Waals surface area (Å²) in [6.07, 6.45) is 1.12. The van der Waals surface area contributed by atoms with E-state index in [0.29, 0.717) is 0 Å². The van der Waals surface area contributed by atoms with Gasteiger partial charge in [-0.2, -0.15) is 0 Å². The number of hydrogen-bond donors (Lipinski definition) is 2. The molecule has 0 spiro atoms. The number of rotatable bonds is 10. The topological polar surface area (TPSA) is 171 Å². The van der Waals surface area contributed by atoms with Crippen LogP contribution in [0.25, 0.3) is 10.9 Å². The molecule has 0 saturated heterocycles. The first-order chi connectivity index (χ1) is 20.7. The highest BCUT2D eigenvalue weighted by Gasteiger charge is 2.28. The second-order valence-electron chi connectivity index (χ2n) is 9.18. The van der Waals surface area contributed by atoms with Crippen molar-refractivity contribution in [3.8, 4) is 11.5 Å². The van der Waals surface area contributed by atoms with Crippen LogP contribution >= 0.6 is 0 Å². The number of carbonyl (C=O) groups is 2. The molecule has 0 aliphatic carbocycles. The fourth-order valence-corrected chi connectivity index (χ4v) is 6.78. The van der Waals surface area contributed by atoms with Crippen LogP contribution in [0.1, 0.15) is 25.0 Å². The number of hydrogen-bond acceptors (Lipinski definition) is 10. The molecule has 0 aliphatic rings. The molecule has 0 aliphatic heterocycles. The Morgan fingerprint density at radius 2 is 1.68 bits per heavy atom. The zero-order valence-corrected chi connectivity index (χ0v) is 24.8. The summed E-state index contributed by atoms with van der Waals surface area (Å²) in [4.78, 5) is 27.4. The van der Waals surface area contributed by atoms with E-state index < -0.39 is 72.1 Å². The van der Waals surface area contributed by atoms with Crippen LogP contribution in [0.4, 0.5) is 8.78 Å². The van der Waals surface area contributed by atoms with E-state index in [9.17, 15) is 30.8 Å². The summed E-state index contributed by atoms with van der Waals surface area (Å²) in [5.74, 6) is -7.59. The van der Waals surface area contributed by atoms with Gasteiger partial charge in [-0.25, -0.2) is 35.1 Å². The number of hydroxylamine groups is 1. The number of ether oxygens (including phenoxy) is 2. The molecule has 0 saturated carbocycles. The lowest BCUT2D eigenvalue weighted by molar-refractivity contribution is -0.145. The molecule has 1 aromatic heterocycles. The molecule has 0 unspecified atom stereocenters. The molecule has 0 atom stereocenters. The Morgan fingerprint density at radius 3 is 2.34 bits per heavy atom. The standard InChI is InChI=1S/C28H25F2N3O9S2/c1-3-40-26(35)16-43(36,37)15-22-20-11-12-33(44(38,39)19-7-5-4-6-8-19)25(20)14-24(30)27(22)41-18-9-10-23(29)21(13-18)28(31)32-42-17(2)34/h4-14H,3,15-16H2,1-2H3,(H2,31,32). The Kier molecular flexibility index (Phi) is 9.34. The first-order valence-electron chi connectivity index (χ1n) is 12.7. The van der Waals surface area contributed by atoms with Crippen molar-refractivity contribution in [2.75, 3.05) is 12.4 Å². The molecule has 0 fully saturated rings. The van der Waals surface area contributed by atoms with Gasteiger partial charge in [0.05, 0.1) is 28.3 Å². The summed E-state index contributed by atoms with van der Waals surface area (Å²) < 4.78 is 94.3. The quantitative estimate of drug-likeness (QED) is 0.111. The van der Waals surface area contributed by atoms with E-state index in [2.05, 4.69) is 4.84 Å². The van der Waals surface area contributed by atoms with Crippen molar-refractivity contribution in [1.82, 2.24) is 9.45 Å². The lowest BCUT2D eigenvalue weighted by atomic mass is 10.1. The van der Waals surface area contributed by atoms with Gasteiger partial charge in [0.15, 0.2) is 27.2 Å². The average molecular weight is 650 g/mol. The Balaban J connectivity index is 1.86. The number of amidine groups is 1. The molecule has 232 valence electrons. The molecule has 0 radical (unpaired) electrons. The van der Waals surface area contributed by atoms with Gasteiger partial charge >= 0.3 is 11.9 Å². The number of nitrogens with one attached hydrogen (secondary N) is 2. The van der Waals surface area contributed by atoms with Crippen molar-refractivity contribution in [2.24, 2.45) is 0 Å². The maximum atomic E-state index is 15.8. The van der Waals surface area contributed by atoms with E-state index >= 15 is 4.39 Å².